The third-order valence-electron chi connectivity index (χ3n) is 4.17. The summed E-state index contributed by atoms with van der Waals surface area (Å²) >= 11 is 0. The Labute approximate surface area is 156 Å². The molecule has 1 aliphatic heterocycles. The number of aromatic nitrogens is 2. The molecule has 2 aromatic rings. The van der Waals surface area contributed by atoms with Crippen LogP contribution in [0, 0.1) is 0 Å². The minimum Gasteiger partial charge on any atom is -0.480 e. The number of hydrogen-bond donors (Lipinski definition) is 2. The van der Waals surface area contributed by atoms with Crippen LogP contribution in [0.2, 0.25) is 0 Å². The Morgan fingerprint density at radius 2 is 1.81 bits per heavy atom. The van der Waals surface area contributed by atoms with E-state index < -0.39 is 23.7 Å². The van der Waals surface area contributed by atoms with Gasteiger partial charge in [0.15, 0.2) is 11.6 Å². The first-order valence-corrected chi connectivity index (χ1v) is 8.65. The molecule has 1 fully saturated rings. The maximum Gasteiger partial charge on any atom is 0.410 e. The lowest BCUT2D eigenvalue weighted by molar-refractivity contribution is -0.139. The number of para-hydroxylation sites is 2. The first-order valence-electron chi connectivity index (χ1n) is 8.65. The van der Waals surface area contributed by atoms with E-state index in [1.165, 1.54) is 4.90 Å². The summed E-state index contributed by atoms with van der Waals surface area (Å²) in [6.45, 7) is 5.82. The van der Waals surface area contributed by atoms with Crippen molar-refractivity contribution in [2.75, 3.05) is 30.3 Å². The molecule has 27 heavy (non-hydrogen) atoms. The second-order valence-corrected chi connectivity index (χ2v) is 7.39. The normalized spacial score (nSPS) is 17.8. The number of ether oxygens (including phenoxy) is 1. The van der Waals surface area contributed by atoms with E-state index in [0.717, 1.165) is 0 Å². The second-order valence-electron chi connectivity index (χ2n) is 7.39. The molecule has 1 aromatic heterocycles. The lowest BCUT2D eigenvalue weighted by Gasteiger charge is -2.40. The molecule has 1 saturated heterocycles. The van der Waals surface area contributed by atoms with Crippen LogP contribution in [0.3, 0.4) is 0 Å². The van der Waals surface area contributed by atoms with Crippen molar-refractivity contribution in [2.45, 2.75) is 32.4 Å². The number of benzene rings is 1. The molecule has 0 bridgehead atoms. The summed E-state index contributed by atoms with van der Waals surface area (Å²) < 4.78 is 5.35. The standard InChI is InChI=1S/C18H23N5O4/c1-18(2,3)27-17(26)22-8-9-23(13(10-22)16(24)25)15-14(19)20-11-6-4-5-7-12(11)21-15/h4-7,13H,8-10H2,1-3H3,(H2,19,20)(H,24,25)/t13-/m1/s1. The van der Waals surface area contributed by atoms with Crippen LogP contribution in [0.25, 0.3) is 11.0 Å². The van der Waals surface area contributed by atoms with Crippen molar-refractivity contribution in [3.05, 3.63) is 24.3 Å². The average Bonchev–Trinajstić information content (AvgIpc) is 2.59. The fourth-order valence-electron chi connectivity index (χ4n) is 2.96. The number of carboxylic acids is 1. The molecular weight excluding hydrogens is 350 g/mol. The fourth-order valence-corrected chi connectivity index (χ4v) is 2.96. The van der Waals surface area contributed by atoms with E-state index in [4.69, 9.17) is 10.5 Å². The molecule has 1 amide bonds. The van der Waals surface area contributed by atoms with Gasteiger partial charge in [-0.1, -0.05) is 12.1 Å². The highest BCUT2D eigenvalue weighted by Gasteiger charge is 2.37. The molecular formula is C18H23N5O4. The number of carbonyl (C=O) groups excluding carboxylic acids is 1. The van der Waals surface area contributed by atoms with Gasteiger partial charge in [-0.2, -0.15) is 0 Å². The van der Waals surface area contributed by atoms with Crippen molar-refractivity contribution in [3.63, 3.8) is 0 Å². The summed E-state index contributed by atoms with van der Waals surface area (Å²) in [6, 6.07) is 6.24. The third kappa shape index (κ3) is 4.02. The Morgan fingerprint density at radius 3 is 2.41 bits per heavy atom. The maximum absolute atomic E-state index is 12.3. The van der Waals surface area contributed by atoms with Gasteiger partial charge in [-0.05, 0) is 32.9 Å². The maximum atomic E-state index is 12.3. The third-order valence-corrected chi connectivity index (χ3v) is 4.17. The molecule has 0 spiro atoms. The fraction of sp³-hybridized carbons (Fsp3) is 0.444. The number of nitrogen functional groups attached to an aromatic ring is 1. The zero-order valence-electron chi connectivity index (χ0n) is 15.5. The zero-order valence-corrected chi connectivity index (χ0v) is 15.5. The van der Waals surface area contributed by atoms with Crippen molar-refractivity contribution in [1.82, 2.24) is 14.9 Å². The molecule has 9 heteroatoms. The van der Waals surface area contributed by atoms with Crippen molar-refractivity contribution < 1.29 is 19.4 Å². The van der Waals surface area contributed by atoms with Crippen LogP contribution in [-0.4, -0.2) is 63.3 Å². The predicted octanol–water partition coefficient (Wildman–Crippen LogP) is 1.72. The van der Waals surface area contributed by atoms with Gasteiger partial charge < -0.3 is 25.4 Å². The largest absolute Gasteiger partial charge is 0.480 e. The van der Waals surface area contributed by atoms with E-state index >= 15 is 0 Å². The number of carboxylic acid groups (broad SMARTS) is 1. The molecule has 0 aliphatic carbocycles. The lowest BCUT2D eigenvalue weighted by Crippen LogP contribution is -2.58. The monoisotopic (exact) mass is 373 g/mol. The Balaban J connectivity index is 1.88. The molecule has 1 aliphatic rings. The summed E-state index contributed by atoms with van der Waals surface area (Å²) in [4.78, 5) is 36.0. The van der Waals surface area contributed by atoms with Gasteiger partial charge in [0, 0.05) is 13.1 Å². The highest BCUT2D eigenvalue weighted by molar-refractivity contribution is 5.84. The molecule has 1 atom stereocenters. The van der Waals surface area contributed by atoms with E-state index in [0.29, 0.717) is 23.4 Å². The van der Waals surface area contributed by atoms with Crippen molar-refractivity contribution in [3.8, 4) is 0 Å². The van der Waals surface area contributed by atoms with E-state index in [2.05, 4.69) is 9.97 Å². The molecule has 144 valence electrons. The number of anilines is 2. The van der Waals surface area contributed by atoms with Crippen molar-refractivity contribution in [2.24, 2.45) is 0 Å². The first kappa shape index (κ1) is 18.7. The number of aliphatic carboxylic acids is 1. The molecule has 9 nitrogen and oxygen atoms in total. The molecule has 3 N–H and O–H groups in total. The van der Waals surface area contributed by atoms with Crippen molar-refractivity contribution >= 4 is 34.7 Å². The first-order chi connectivity index (χ1) is 12.7. The Hall–Kier alpha value is -3.10. The molecule has 0 unspecified atom stereocenters. The van der Waals surface area contributed by atoms with E-state index in [1.807, 2.05) is 12.1 Å². The Bertz CT molecular complexity index is 880. The number of amides is 1. The SMILES string of the molecule is CC(C)(C)OC(=O)N1CCN(c2nc3ccccc3nc2N)[C@@H](C(=O)O)C1. The summed E-state index contributed by atoms with van der Waals surface area (Å²) in [5.41, 5.74) is 6.65. The molecule has 3 rings (SSSR count). The van der Waals surface area contributed by atoms with E-state index in [-0.39, 0.29) is 18.9 Å². The number of nitrogens with zero attached hydrogens (tertiary/aromatic N) is 4. The summed E-state index contributed by atoms with van der Waals surface area (Å²) in [6.07, 6.45) is -0.536. The Morgan fingerprint density at radius 1 is 1.19 bits per heavy atom. The Kier molecular flexibility index (Phi) is 4.77. The van der Waals surface area contributed by atoms with Gasteiger partial charge in [-0.3, -0.25) is 0 Å². The molecule has 1 aromatic carbocycles. The minimum atomic E-state index is -1.07. The van der Waals surface area contributed by atoms with Crippen molar-refractivity contribution in [1.29, 1.82) is 0 Å². The summed E-state index contributed by atoms with van der Waals surface area (Å²) in [5, 5.41) is 9.70. The van der Waals surface area contributed by atoms with E-state index in [9.17, 15) is 14.7 Å². The summed E-state index contributed by atoms with van der Waals surface area (Å²) in [7, 11) is 0. The quantitative estimate of drug-likeness (QED) is 0.816. The number of fused-ring (bicyclic) bond motifs is 1. The highest BCUT2D eigenvalue weighted by Crippen LogP contribution is 2.27. The predicted molar refractivity (Wildman–Crippen MR) is 101 cm³/mol. The van der Waals surface area contributed by atoms with Crippen LogP contribution >= 0.6 is 0 Å². The second kappa shape index (κ2) is 6.90. The van der Waals surface area contributed by atoms with Crippen LogP contribution in [0.15, 0.2) is 24.3 Å². The van der Waals surface area contributed by atoms with Gasteiger partial charge in [0.25, 0.3) is 0 Å². The van der Waals surface area contributed by atoms with Gasteiger partial charge >= 0.3 is 12.1 Å². The zero-order chi connectivity index (χ0) is 19.8. The number of nitrogens with two attached hydrogens (primary N) is 1. The van der Waals surface area contributed by atoms with Crippen LogP contribution in [-0.2, 0) is 9.53 Å². The number of rotatable bonds is 2. The molecule has 2 heterocycles. The van der Waals surface area contributed by atoms with Crippen LogP contribution in [0.5, 0.6) is 0 Å². The van der Waals surface area contributed by atoms with E-state index in [1.54, 1.807) is 37.8 Å². The van der Waals surface area contributed by atoms with Crippen LogP contribution in [0.4, 0.5) is 16.4 Å². The average molecular weight is 373 g/mol. The topological polar surface area (TPSA) is 122 Å². The van der Waals surface area contributed by atoms with Gasteiger partial charge in [0.2, 0.25) is 0 Å². The van der Waals surface area contributed by atoms with Crippen LogP contribution < -0.4 is 10.6 Å². The number of piperazine rings is 1. The molecule has 0 saturated carbocycles. The van der Waals surface area contributed by atoms with Gasteiger partial charge in [0.1, 0.15) is 11.6 Å². The number of carbonyl (C=O) groups is 2. The smallest absolute Gasteiger partial charge is 0.410 e. The van der Waals surface area contributed by atoms with Gasteiger partial charge in [-0.25, -0.2) is 19.6 Å². The summed E-state index contributed by atoms with van der Waals surface area (Å²) in [5.74, 6) is -0.603. The minimum absolute atomic E-state index is 0.0296. The van der Waals surface area contributed by atoms with Gasteiger partial charge in [0.05, 0.1) is 17.6 Å². The lowest BCUT2D eigenvalue weighted by atomic mass is 10.1. The highest BCUT2D eigenvalue weighted by atomic mass is 16.6. The number of hydrogen-bond acceptors (Lipinski definition) is 7. The van der Waals surface area contributed by atoms with Crippen LogP contribution in [0.1, 0.15) is 20.8 Å². The van der Waals surface area contributed by atoms with Gasteiger partial charge in [-0.15, -0.1) is 0 Å². The molecule has 0 radical (unpaired) electrons.